The van der Waals surface area contributed by atoms with Gasteiger partial charge in [-0.15, -0.1) is 11.3 Å². The average Bonchev–Trinajstić information content (AvgIpc) is 3.13. The van der Waals surface area contributed by atoms with E-state index >= 15 is 0 Å². The zero-order valence-corrected chi connectivity index (χ0v) is 13.3. The Bertz CT molecular complexity index is 582. The van der Waals surface area contributed by atoms with Crippen LogP contribution in [0.4, 0.5) is 0 Å². The first-order valence-corrected chi connectivity index (χ1v) is 9.60. The predicted molar refractivity (Wildman–Crippen MR) is 80.9 cm³/mol. The number of sulfonamides is 1. The Hall–Kier alpha value is -0.430. The van der Waals surface area contributed by atoms with Crippen LogP contribution in [-0.2, 0) is 16.6 Å². The molecule has 2 saturated carbocycles. The van der Waals surface area contributed by atoms with Crippen LogP contribution in [0.25, 0.3) is 0 Å². The molecule has 1 aromatic rings. The lowest BCUT2D eigenvalue weighted by molar-refractivity contribution is 0.280. The Morgan fingerprint density at radius 2 is 2.20 bits per heavy atom. The summed E-state index contributed by atoms with van der Waals surface area (Å²) in [5.41, 5.74) is 5.54. The van der Waals surface area contributed by atoms with Gasteiger partial charge in [0.1, 0.15) is 4.21 Å². The van der Waals surface area contributed by atoms with E-state index in [2.05, 4.69) is 4.72 Å². The maximum Gasteiger partial charge on any atom is 0.250 e. The van der Waals surface area contributed by atoms with Gasteiger partial charge in [0.2, 0.25) is 10.0 Å². The summed E-state index contributed by atoms with van der Waals surface area (Å²) < 4.78 is 28.0. The first-order valence-electron chi connectivity index (χ1n) is 7.30. The normalized spacial score (nSPS) is 30.8. The van der Waals surface area contributed by atoms with Crippen molar-refractivity contribution < 1.29 is 8.42 Å². The van der Waals surface area contributed by atoms with Crippen molar-refractivity contribution in [2.45, 2.75) is 49.4 Å². The Balaban J connectivity index is 1.69. The van der Waals surface area contributed by atoms with Crippen LogP contribution < -0.4 is 10.5 Å². The van der Waals surface area contributed by atoms with Gasteiger partial charge in [0.25, 0.3) is 0 Å². The molecule has 0 aliphatic heterocycles. The lowest BCUT2D eigenvalue weighted by atomic mass is 9.84. The van der Waals surface area contributed by atoms with E-state index in [-0.39, 0.29) is 6.04 Å². The smallest absolute Gasteiger partial charge is 0.250 e. The molecule has 3 N–H and O–H groups in total. The van der Waals surface area contributed by atoms with Gasteiger partial charge in [-0.1, -0.05) is 6.42 Å². The van der Waals surface area contributed by atoms with E-state index in [0.29, 0.717) is 16.7 Å². The molecule has 4 unspecified atom stereocenters. The molecule has 1 aromatic heterocycles. The lowest BCUT2D eigenvalue weighted by Gasteiger charge is -2.28. The summed E-state index contributed by atoms with van der Waals surface area (Å²) in [5.74, 6) is 2.07. The fourth-order valence-corrected chi connectivity index (χ4v) is 6.45. The second kappa shape index (κ2) is 5.40. The van der Waals surface area contributed by atoms with Crippen LogP contribution in [-0.4, -0.2) is 14.5 Å². The molecule has 4 atom stereocenters. The topological polar surface area (TPSA) is 72.2 Å². The van der Waals surface area contributed by atoms with Crippen molar-refractivity contribution >= 4 is 21.4 Å². The highest BCUT2D eigenvalue weighted by atomic mass is 32.2. The third-order valence-corrected chi connectivity index (χ3v) is 8.04. The van der Waals surface area contributed by atoms with Crippen LogP contribution in [0.15, 0.2) is 16.3 Å². The molecule has 2 fully saturated rings. The van der Waals surface area contributed by atoms with E-state index < -0.39 is 10.0 Å². The summed E-state index contributed by atoms with van der Waals surface area (Å²) in [4.78, 5) is 0.901. The van der Waals surface area contributed by atoms with E-state index in [1.165, 1.54) is 37.0 Å². The highest BCUT2D eigenvalue weighted by Gasteiger charge is 2.42. The minimum absolute atomic E-state index is 0.0266. The predicted octanol–water partition coefficient (Wildman–Crippen LogP) is 2.31. The minimum Gasteiger partial charge on any atom is -0.326 e. The average molecular weight is 314 g/mol. The summed E-state index contributed by atoms with van der Waals surface area (Å²) in [5, 5.41) is 0. The van der Waals surface area contributed by atoms with Gasteiger partial charge in [0.15, 0.2) is 0 Å². The molecular formula is C14H22N2O2S2. The number of hydrogen-bond donors (Lipinski definition) is 2. The van der Waals surface area contributed by atoms with Crippen LogP contribution in [0.3, 0.4) is 0 Å². The van der Waals surface area contributed by atoms with Gasteiger partial charge in [0, 0.05) is 17.5 Å². The Morgan fingerprint density at radius 1 is 1.40 bits per heavy atom. The van der Waals surface area contributed by atoms with Gasteiger partial charge in [-0.2, -0.15) is 0 Å². The molecule has 0 radical (unpaired) electrons. The van der Waals surface area contributed by atoms with E-state index in [0.717, 1.165) is 16.7 Å². The van der Waals surface area contributed by atoms with E-state index in [1.807, 2.05) is 6.92 Å². The molecule has 20 heavy (non-hydrogen) atoms. The van der Waals surface area contributed by atoms with Gasteiger partial charge in [-0.25, -0.2) is 13.1 Å². The molecule has 4 nitrogen and oxygen atoms in total. The van der Waals surface area contributed by atoms with E-state index in [1.54, 1.807) is 12.1 Å². The fraction of sp³-hybridized carbons (Fsp3) is 0.714. The second-order valence-electron chi connectivity index (χ2n) is 6.17. The maximum atomic E-state index is 12.4. The first-order chi connectivity index (χ1) is 9.49. The Labute approximate surface area is 124 Å². The van der Waals surface area contributed by atoms with Crippen molar-refractivity contribution in [3.8, 4) is 0 Å². The SMILES string of the molecule is CC(NS(=O)(=O)c1ccc(CN)s1)C1CC2CCC1C2. The molecule has 6 heteroatoms. The molecule has 2 aliphatic rings. The molecule has 0 amide bonds. The molecule has 3 rings (SSSR count). The highest BCUT2D eigenvalue weighted by Crippen LogP contribution is 2.49. The summed E-state index contributed by atoms with van der Waals surface area (Å²) >= 11 is 1.26. The van der Waals surface area contributed by atoms with Gasteiger partial charge in [-0.3, -0.25) is 0 Å². The number of fused-ring (bicyclic) bond motifs is 2. The quantitative estimate of drug-likeness (QED) is 0.876. The van der Waals surface area contributed by atoms with Crippen molar-refractivity contribution in [2.75, 3.05) is 0 Å². The maximum absolute atomic E-state index is 12.4. The zero-order chi connectivity index (χ0) is 14.3. The van der Waals surface area contributed by atoms with Gasteiger partial charge >= 0.3 is 0 Å². The number of nitrogens with two attached hydrogens (primary N) is 1. The van der Waals surface area contributed by atoms with Crippen LogP contribution >= 0.6 is 11.3 Å². The Kier molecular flexibility index (Phi) is 3.92. The third-order valence-electron chi connectivity index (χ3n) is 4.88. The van der Waals surface area contributed by atoms with Crippen molar-refractivity contribution in [3.05, 3.63) is 17.0 Å². The fourth-order valence-electron chi connectivity index (χ4n) is 3.91. The monoisotopic (exact) mass is 314 g/mol. The van der Waals surface area contributed by atoms with Crippen molar-refractivity contribution in [1.29, 1.82) is 0 Å². The molecule has 0 saturated heterocycles. The number of thiophene rings is 1. The molecule has 1 heterocycles. The second-order valence-corrected chi connectivity index (χ2v) is 9.28. The largest absolute Gasteiger partial charge is 0.326 e. The van der Waals surface area contributed by atoms with Crippen LogP contribution in [0.2, 0.25) is 0 Å². The molecule has 0 spiro atoms. The molecule has 2 aliphatic carbocycles. The van der Waals surface area contributed by atoms with Gasteiger partial charge in [-0.05, 0) is 56.1 Å². The standard InChI is InChI=1S/C14H22N2O2S2/c1-9(13-7-10-2-3-11(13)6-10)16-20(17,18)14-5-4-12(8-15)19-14/h4-5,9-11,13,16H,2-3,6-8,15H2,1H3. The molecule has 112 valence electrons. The van der Waals surface area contributed by atoms with Gasteiger partial charge < -0.3 is 5.73 Å². The zero-order valence-electron chi connectivity index (χ0n) is 11.7. The van der Waals surface area contributed by atoms with Crippen LogP contribution in [0, 0.1) is 17.8 Å². The molecular weight excluding hydrogens is 292 g/mol. The summed E-state index contributed by atoms with van der Waals surface area (Å²) in [6.45, 7) is 2.41. The third kappa shape index (κ3) is 2.66. The first kappa shape index (κ1) is 14.5. The highest BCUT2D eigenvalue weighted by molar-refractivity contribution is 7.91. The van der Waals surface area contributed by atoms with E-state index in [9.17, 15) is 8.42 Å². The Morgan fingerprint density at radius 3 is 2.75 bits per heavy atom. The minimum atomic E-state index is -3.39. The summed E-state index contributed by atoms with van der Waals surface area (Å²) in [6, 6.07) is 3.48. The summed E-state index contributed by atoms with van der Waals surface area (Å²) in [7, 11) is -3.39. The number of rotatable bonds is 5. The molecule has 0 aromatic carbocycles. The van der Waals surface area contributed by atoms with Crippen LogP contribution in [0.1, 0.15) is 37.5 Å². The lowest BCUT2D eigenvalue weighted by Crippen LogP contribution is -2.39. The van der Waals surface area contributed by atoms with E-state index in [4.69, 9.17) is 5.73 Å². The number of nitrogens with one attached hydrogen (secondary N) is 1. The van der Waals surface area contributed by atoms with Crippen LogP contribution in [0.5, 0.6) is 0 Å². The summed E-state index contributed by atoms with van der Waals surface area (Å²) in [6.07, 6.45) is 5.10. The van der Waals surface area contributed by atoms with Crippen molar-refractivity contribution in [1.82, 2.24) is 4.72 Å². The van der Waals surface area contributed by atoms with Crippen molar-refractivity contribution in [2.24, 2.45) is 23.5 Å². The molecule has 2 bridgehead atoms. The van der Waals surface area contributed by atoms with Gasteiger partial charge in [0.05, 0.1) is 0 Å². The van der Waals surface area contributed by atoms with Crippen molar-refractivity contribution in [3.63, 3.8) is 0 Å². The number of hydrogen-bond acceptors (Lipinski definition) is 4.